The minimum absolute atomic E-state index is 0.0369. The van der Waals surface area contributed by atoms with Crippen LogP contribution in [0.2, 0.25) is 0 Å². The fourth-order valence-corrected chi connectivity index (χ4v) is 4.02. The maximum absolute atomic E-state index is 12.2. The van der Waals surface area contributed by atoms with E-state index >= 15 is 0 Å². The van der Waals surface area contributed by atoms with Crippen molar-refractivity contribution in [3.8, 4) is 11.1 Å². The van der Waals surface area contributed by atoms with Crippen molar-refractivity contribution in [1.82, 2.24) is 15.5 Å². The van der Waals surface area contributed by atoms with Gasteiger partial charge in [0.05, 0.1) is 21.8 Å². The molecular weight excluding hydrogens is 324 g/mol. The number of carbonyl (C=O) groups is 1. The number of anilines is 1. The third-order valence-corrected chi connectivity index (χ3v) is 5.31. The Kier molecular flexibility index (Phi) is 3.82. The summed E-state index contributed by atoms with van der Waals surface area (Å²) in [6.07, 6.45) is 0.882. The average molecular weight is 342 g/mol. The summed E-state index contributed by atoms with van der Waals surface area (Å²) in [5, 5.41) is 10.8. The van der Waals surface area contributed by atoms with Gasteiger partial charge in [-0.15, -0.1) is 0 Å². The van der Waals surface area contributed by atoms with E-state index in [0.717, 1.165) is 52.3 Å². The summed E-state index contributed by atoms with van der Waals surface area (Å²) in [7, 11) is 0. The van der Waals surface area contributed by atoms with Crippen molar-refractivity contribution in [2.45, 2.75) is 20.3 Å². The van der Waals surface area contributed by atoms with Crippen LogP contribution in [0.25, 0.3) is 21.3 Å². The minimum Gasteiger partial charge on any atom is -0.361 e. The number of hydrogen-bond donors (Lipinski definition) is 2. The zero-order chi connectivity index (χ0) is 16.7. The number of carbonyl (C=O) groups excluding carboxylic acids is 1. The highest BCUT2D eigenvalue weighted by Gasteiger charge is 2.23. The molecule has 1 saturated heterocycles. The summed E-state index contributed by atoms with van der Waals surface area (Å²) in [4.78, 5) is 16.7. The lowest BCUT2D eigenvalue weighted by atomic mass is 10.0. The fraction of sp³-hybridized carbons (Fsp3) is 0.353. The van der Waals surface area contributed by atoms with E-state index in [1.165, 1.54) is 11.3 Å². The zero-order valence-corrected chi connectivity index (χ0v) is 14.4. The van der Waals surface area contributed by atoms with Crippen LogP contribution in [-0.2, 0) is 4.79 Å². The monoisotopic (exact) mass is 342 g/mol. The van der Waals surface area contributed by atoms with Crippen molar-refractivity contribution in [3.63, 3.8) is 0 Å². The van der Waals surface area contributed by atoms with Crippen LogP contribution in [0.5, 0.6) is 0 Å². The lowest BCUT2D eigenvalue weighted by Gasteiger charge is -2.06. The first-order valence-corrected chi connectivity index (χ1v) is 8.79. The number of aromatic nitrogens is 2. The van der Waals surface area contributed by atoms with Gasteiger partial charge < -0.3 is 15.2 Å². The number of aryl methyl sites for hydroxylation is 2. The van der Waals surface area contributed by atoms with E-state index < -0.39 is 0 Å². The molecule has 7 heteroatoms. The molecular formula is C17H18N4O2S. The number of nitrogens with one attached hydrogen (secondary N) is 2. The van der Waals surface area contributed by atoms with Crippen molar-refractivity contribution in [3.05, 3.63) is 29.7 Å². The number of thiazole rings is 1. The van der Waals surface area contributed by atoms with Crippen LogP contribution in [0.1, 0.15) is 17.9 Å². The van der Waals surface area contributed by atoms with E-state index in [4.69, 9.17) is 4.52 Å². The summed E-state index contributed by atoms with van der Waals surface area (Å²) in [6.45, 7) is 5.49. The van der Waals surface area contributed by atoms with Gasteiger partial charge in [-0.05, 0) is 44.5 Å². The van der Waals surface area contributed by atoms with E-state index in [9.17, 15) is 4.79 Å². The van der Waals surface area contributed by atoms with Crippen molar-refractivity contribution in [2.24, 2.45) is 5.92 Å². The van der Waals surface area contributed by atoms with Gasteiger partial charge in [0.25, 0.3) is 0 Å². The molecule has 3 heterocycles. The Hall–Kier alpha value is -2.25. The van der Waals surface area contributed by atoms with Gasteiger partial charge in [0.1, 0.15) is 5.76 Å². The van der Waals surface area contributed by atoms with Crippen molar-refractivity contribution < 1.29 is 9.32 Å². The van der Waals surface area contributed by atoms with Gasteiger partial charge in [-0.2, -0.15) is 0 Å². The highest BCUT2D eigenvalue weighted by atomic mass is 32.1. The van der Waals surface area contributed by atoms with Gasteiger partial charge in [0.15, 0.2) is 5.13 Å². The molecule has 0 spiro atoms. The summed E-state index contributed by atoms with van der Waals surface area (Å²) in [5.74, 6) is 0.888. The van der Waals surface area contributed by atoms with E-state index in [-0.39, 0.29) is 11.8 Å². The molecule has 0 unspecified atom stereocenters. The Morgan fingerprint density at radius 1 is 1.42 bits per heavy atom. The second-order valence-electron chi connectivity index (χ2n) is 6.08. The Morgan fingerprint density at radius 2 is 2.29 bits per heavy atom. The predicted molar refractivity (Wildman–Crippen MR) is 94.2 cm³/mol. The van der Waals surface area contributed by atoms with Gasteiger partial charge in [-0.25, -0.2) is 4.98 Å². The summed E-state index contributed by atoms with van der Waals surface area (Å²) in [5.41, 5.74) is 3.84. The molecule has 1 fully saturated rings. The largest absolute Gasteiger partial charge is 0.361 e. The first-order valence-electron chi connectivity index (χ1n) is 7.97. The number of benzene rings is 1. The third kappa shape index (κ3) is 2.70. The average Bonchev–Trinajstić information content (AvgIpc) is 3.27. The minimum atomic E-state index is 0.0369. The number of amides is 1. The van der Waals surface area contributed by atoms with Crippen LogP contribution in [0.15, 0.2) is 22.7 Å². The van der Waals surface area contributed by atoms with Crippen LogP contribution in [0, 0.1) is 19.8 Å². The van der Waals surface area contributed by atoms with E-state index in [2.05, 4.69) is 26.8 Å². The maximum atomic E-state index is 12.2. The highest BCUT2D eigenvalue weighted by Crippen LogP contribution is 2.33. The Labute approximate surface area is 143 Å². The smallest absolute Gasteiger partial charge is 0.230 e. The first-order chi connectivity index (χ1) is 11.6. The first kappa shape index (κ1) is 15.3. The van der Waals surface area contributed by atoms with Gasteiger partial charge in [0.2, 0.25) is 5.91 Å². The zero-order valence-electron chi connectivity index (χ0n) is 13.5. The molecule has 1 aliphatic heterocycles. The van der Waals surface area contributed by atoms with Crippen LogP contribution < -0.4 is 10.6 Å². The highest BCUT2D eigenvalue weighted by molar-refractivity contribution is 7.22. The van der Waals surface area contributed by atoms with E-state index in [1.807, 2.05) is 26.0 Å². The van der Waals surface area contributed by atoms with E-state index in [1.54, 1.807) is 0 Å². The molecule has 0 saturated carbocycles. The standard InChI is InChI=1S/C17H18N4O2S/c1-9-15(10(2)23-21-9)11-3-4-13-14(7-11)24-17(19-13)20-16(22)12-5-6-18-8-12/h3-4,7,12,18H,5-6,8H2,1-2H3,(H,19,20,22)/t12-/m0/s1. The van der Waals surface area contributed by atoms with Crippen molar-refractivity contribution in [2.75, 3.05) is 18.4 Å². The Morgan fingerprint density at radius 3 is 3.00 bits per heavy atom. The van der Waals surface area contributed by atoms with E-state index in [0.29, 0.717) is 5.13 Å². The molecule has 0 radical (unpaired) electrons. The molecule has 0 aliphatic carbocycles. The molecule has 1 aromatic carbocycles. The van der Waals surface area contributed by atoms with Crippen molar-refractivity contribution in [1.29, 1.82) is 0 Å². The predicted octanol–water partition coefficient (Wildman–Crippen LogP) is 3.12. The van der Waals surface area contributed by atoms with Gasteiger partial charge in [-0.3, -0.25) is 4.79 Å². The van der Waals surface area contributed by atoms with Gasteiger partial charge >= 0.3 is 0 Å². The lowest BCUT2D eigenvalue weighted by molar-refractivity contribution is -0.119. The molecule has 6 nitrogen and oxygen atoms in total. The van der Waals surface area contributed by atoms with Gasteiger partial charge in [0, 0.05) is 12.1 Å². The van der Waals surface area contributed by atoms with Crippen LogP contribution in [0.3, 0.4) is 0 Å². The molecule has 1 aliphatic rings. The molecule has 2 N–H and O–H groups in total. The lowest BCUT2D eigenvalue weighted by Crippen LogP contribution is -2.24. The second-order valence-corrected chi connectivity index (χ2v) is 7.11. The van der Waals surface area contributed by atoms with Crippen molar-refractivity contribution >= 4 is 32.6 Å². The molecule has 4 rings (SSSR count). The summed E-state index contributed by atoms with van der Waals surface area (Å²) < 4.78 is 6.29. The van der Waals surface area contributed by atoms with Crippen LogP contribution >= 0.6 is 11.3 Å². The molecule has 2 aromatic heterocycles. The second kappa shape index (κ2) is 5.99. The maximum Gasteiger partial charge on any atom is 0.230 e. The van der Waals surface area contributed by atoms with Crippen LogP contribution in [-0.4, -0.2) is 29.1 Å². The molecule has 24 heavy (non-hydrogen) atoms. The summed E-state index contributed by atoms with van der Waals surface area (Å²) >= 11 is 1.49. The van der Waals surface area contributed by atoms with Crippen LogP contribution in [0.4, 0.5) is 5.13 Å². The number of fused-ring (bicyclic) bond motifs is 1. The molecule has 1 amide bonds. The molecule has 0 bridgehead atoms. The quantitative estimate of drug-likeness (QED) is 0.764. The van der Waals surface area contributed by atoms with Gasteiger partial charge in [-0.1, -0.05) is 22.6 Å². The Bertz CT molecular complexity index is 889. The fourth-order valence-electron chi connectivity index (χ4n) is 3.11. The molecule has 3 aromatic rings. The normalized spacial score (nSPS) is 17.5. The SMILES string of the molecule is Cc1noc(C)c1-c1ccc2nc(NC(=O)[C@H]3CCNC3)sc2c1. The topological polar surface area (TPSA) is 80.1 Å². The molecule has 1 atom stereocenters. The Balaban J connectivity index is 1.63. The third-order valence-electron chi connectivity index (χ3n) is 4.37. The molecule has 124 valence electrons. The number of rotatable bonds is 3. The summed E-state index contributed by atoms with van der Waals surface area (Å²) in [6, 6.07) is 6.06. The number of hydrogen-bond acceptors (Lipinski definition) is 6. The number of nitrogens with zero attached hydrogens (tertiary/aromatic N) is 2.